The number of aryl methyl sites for hydroxylation is 1. The van der Waals surface area contributed by atoms with Crippen LogP contribution in [0, 0.1) is 0 Å². The number of rotatable bonds is 6. The van der Waals surface area contributed by atoms with Gasteiger partial charge in [-0.2, -0.15) is 5.10 Å². The summed E-state index contributed by atoms with van der Waals surface area (Å²) in [6.45, 7) is 6.66. The summed E-state index contributed by atoms with van der Waals surface area (Å²) in [5, 5.41) is 7.42. The van der Waals surface area contributed by atoms with Crippen molar-refractivity contribution < 1.29 is 9.59 Å². The molecule has 1 aromatic heterocycles. The molecule has 2 amide bonds. The zero-order valence-electron chi connectivity index (χ0n) is 16.2. The first-order valence-electron chi connectivity index (χ1n) is 9.68. The molecule has 0 radical (unpaired) electrons. The van der Waals surface area contributed by atoms with E-state index in [0.29, 0.717) is 26.1 Å². The van der Waals surface area contributed by atoms with Gasteiger partial charge in [0.05, 0.1) is 11.9 Å². The molecule has 0 aromatic carbocycles. The van der Waals surface area contributed by atoms with Crippen LogP contribution >= 0.6 is 0 Å². The van der Waals surface area contributed by atoms with Crippen molar-refractivity contribution in [1.29, 1.82) is 0 Å². The van der Waals surface area contributed by atoms with E-state index in [1.165, 1.54) is 0 Å². The van der Waals surface area contributed by atoms with Gasteiger partial charge in [0.1, 0.15) is 6.54 Å². The number of guanidine groups is 1. The van der Waals surface area contributed by atoms with E-state index in [1.54, 1.807) is 15.8 Å². The number of amides is 2. The maximum absolute atomic E-state index is 12.6. The second-order valence-corrected chi connectivity index (χ2v) is 6.91. The number of nitrogens with one attached hydrogen (secondary N) is 1. The monoisotopic (exact) mass is 375 g/mol. The molecule has 2 saturated heterocycles. The van der Waals surface area contributed by atoms with Gasteiger partial charge in [-0.3, -0.25) is 19.3 Å². The van der Waals surface area contributed by atoms with E-state index in [4.69, 9.17) is 0 Å². The van der Waals surface area contributed by atoms with E-state index in [-0.39, 0.29) is 11.8 Å². The van der Waals surface area contributed by atoms with Crippen LogP contribution in [-0.4, -0.2) is 83.2 Å². The second kappa shape index (κ2) is 8.88. The molecule has 0 saturated carbocycles. The first-order chi connectivity index (χ1) is 13.1. The van der Waals surface area contributed by atoms with Gasteiger partial charge in [-0.05, 0) is 19.8 Å². The predicted molar refractivity (Wildman–Crippen MR) is 104 cm³/mol. The molecule has 0 aliphatic carbocycles. The molecule has 0 spiro atoms. The number of piperazine rings is 1. The fraction of sp³-hybridized carbons (Fsp3) is 0.667. The van der Waals surface area contributed by atoms with Gasteiger partial charge in [0.2, 0.25) is 11.8 Å². The Bertz CT molecular complexity index is 700. The number of aliphatic imine (C=N–C) groups is 1. The molecule has 3 heterocycles. The Labute approximate surface area is 160 Å². The lowest BCUT2D eigenvalue weighted by Crippen LogP contribution is -2.55. The highest BCUT2D eigenvalue weighted by molar-refractivity contribution is 5.98. The number of nitrogens with zero attached hydrogens (tertiary/aromatic N) is 6. The molecule has 1 N–H and O–H groups in total. The lowest BCUT2D eigenvalue weighted by atomic mass is 10.3. The van der Waals surface area contributed by atoms with Crippen LogP contribution in [0.4, 0.5) is 5.69 Å². The molecule has 3 rings (SSSR count). The van der Waals surface area contributed by atoms with Crippen LogP contribution in [0.1, 0.15) is 26.2 Å². The molecule has 27 heavy (non-hydrogen) atoms. The average molecular weight is 375 g/mol. The van der Waals surface area contributed by atoms with Gasteiger partial charge in [0.15, 0.2) is 5.96 Å². The maximum Gasteiger partial charge on any atom is 0.246 e. The van der Waals surface area contributed by atoms with E-state index in [0.717, 1.165) is 50.7 Å². The molecule has 1 aromatic rings. The Morgan fingerprint density at radius 1 is 1.26 bits per heavy atom. The van der Waals surface area contributed by atoms with Crippen molar-refractivity contribution in [3.8, 4) is 0 Å². The van der Waals surface area contributed by atoms with Gasteiger partial charge in [0.25, 0.3) is 0 Å². The molecule has 0 unspecified atom stereocenters. The number of aromatic nitrogens is 2. The molecule has 2 aliphatic rings. The third kappa shape index (κ3) is 4.78. The van der Waals surface area contributed by atoms with Crippen molar-refractivity contribution in [1.82, 2.24) is 24.9 Å². The van der Waals surface area contributed by atoms with E-state index in [1.807, 2.05) is 30.0 Å². The Kier molecular flexibility index (Phi) is 6.31. The Balaban J connectivity index is 1.53. The van der Waals surface area contributed by atoms with Crippen molar-refractivity contribution in [2.75, 3.05) is 50.7 Å². The van der Waals surface area contributed by atoms with Crippen LogP contribution < -0.4 is 10.2 Å². The SMILES string of the molecule is CCNC(=NCCCN1CCCC1=O)N1CCN(c2cnn(C)c2)C(=O)C1. The zero-order chi connectivity index (χ0) is 19.2. The van der Waals surface area contributed by atoms with Crippen LogP contribution in [0.15, 0.2) is 17.4 Å². The number of carbonyl (C=O) groups is 2. The standard InChI is InChI=1S/C18H29N7O2/c1-3-19-18(20-7-5-9-23-8-4-6-16(23)26)24-10-11-25(17(27)14-24)15-12-21-22(2)13-15/h12-13H,3-11,14H2,1-2H3,(H,19,20). The van der Waals surface area contributed by atoms with Crippen LogP contribution in [-0.2, 0) is 16.6 Å². The number of carbonyl (C=O) groups excluding carboxylic acids is 2. The largest absolute Gasteiger partial charge is 0.357 e. The first kappa shape index (κ1) is 19.2. The molecule has 148 valence electrons. The fourth-order valence-electron chi connectivity index (χ4n) is 3.49. The second-order valence-electron chi connectivity index (χ2n) is 6.91. The Morgan fingerprint density at radius 3 is 2.74 bits per heavy atom. The molecule has 2 aliphatic heterocycles. The molecule has 9 nitrogen and oxygen atoms in total. The Hall–Kier alpha value is -2.58. The molecule has 9 heteroatoms. The number of hydrogen-bond donors (Lipinski definition) is 1. The summed E-state index contributed by atoms with van der Waals surface area (Å²) in [7, 11) is 1.84. The van der Waals surface area contributed by atoms with Crippen molar-refractivity contribution in [2.45, 2.75) is 26.2 Å². The third-order valence-electron chi connectivity index (χ3n) is 4.88. The van der Waals surface area contributed by atoms with Crippen LogP contribution in [0.2, 0.25) is 0 Å². The average Bonchev–Trinajstić information content (AvgIpc) is 3.26. The lowest BCUT2D eigenvalue weighted by molar-refractivity contribution is -0.127. The van der Waals surface area contributed by atoms with E-state index in [9.17, 15) is 9.59 Å². The summed E-state index contributed by atoms with van der Waals surface area (Å²) in [6, 6.07) is 0. The first-order valence-corrected chi connectivity index (χ1v) is 9.68. The van der Waals surface area contributed by atoms with Crippen molar-refractivity contribution in [2.24, 2.45) is 12.0 Å². The topological polar surface area (TPSA) is 86.1 Å². The van der Waals surface area contributed by atoms with Crippen LogP contribution in [0.3, 0.4) is 0 Å². The summed E-state index contributed by atoms with van der Waals surface area (Å²) in [5.74, 6) is 1.06. The third-order valence-corrected chi connectivity index (χ3v) is 4.88. The van der Waals surface area contributed by atoms with Crippen LogP contribution in [0.25, 0.3) is 0 Å². The highest BCUT2D eigenvalue weighted by atomic mass is 16.2. The molecule has 2 fully saturated rings. The molecule has 0 bridgehead atoms. The van der Waals surface area contributed by atoms with Gasteiger partial charge < -0.3 is 20.0 Å². The number of likely N-dealkylation sites (tertiary alicyclic amines) is 1. The highest BCUT2D eigenvalue weighted by Crippen LogP contribution is 2.16. The van der Waals surface area contributed by atoms with E-state index in [2.05, 4.69) is 15.4 Å². The van der Waals surface area contributed by atoms with Crippen molar-refractivity contribution in [3.63, 3.8) is 0 Å². The minimum Gasteiger partial charge on any atom is -0.357 e. The minimum absolute atomic E-state index is 0.0440. The quantitative estimate of drug-likeness (QED) is 0.431. The predicted octanol–water partition coefficient (Wildman–Crippen LogP) is 0.0467. The van der Waals surface area contributed by atoms with Gasteiger partial charge in [-0.15, -0.1) is 0 Å². The summed E-state index contributed by atoms with van der Waals surface area (Å²) in [5.41, 5.74) is 0.833. The van der Waals surface area contributed by atoms with Gasteiger partial charge in [-0.25, -0.2) is 0 Å². The summed E-state index contributed by atoms with van der Waals surface area (Å²) < 4.78 is 1.70. The molecular weight excluding hydrogens is 346 g/mol. The highest BCUT2D eigenvalue weighted by Gasteiger charge is 2.27. The molecule has 0 atom stereocenters. The maximum atomic E-state index is 12.6. The van der Waals surface area contributed by atoms with Gasteiger partial charge in [-0.1, -0.05) is 0 Å². The van der Waals surface area contributed by atoms with Crippen molar-refractivity contribution >= 4 is 23.5 Å². The number of hydrogen-bond acceptors (Lipinski definition) is 4. The summed E-state index contributed by atoms with van der Waals surface area (Å²) in [4.78, 5) is 34.6. The van der Waals surface area contributed by atoms with Crippen molar-refractivity contribution in [3.05, 3.63) is 12.4 Å². The summed E-state index contributed by atoms with van der Waals surface area (Å²) >= 11 is 0. The fourth-order valence-corrected chi connectivity index (χ4v) is 3.49. The van der Waals surface area contributed by atoms with Gasteiger partial charge >= 0.3 is 0 Å². The summed E-state index contributed by atoms with van der Waals surface area (Å²) in [6.07, 6.45) is 6.05. The Morgan fingerprint density at radius 2 is 2.11 bits per heavy atom. The van der Waals surface area contributed by atoms with E-state index >= 15 is 0 Å². The molecular formula is C18H29N7O2. The number of anilines is 1. The lowest BCUT2D eigenvalue weighted by Gasteiger charge is -2.35. The zero-order valence-corrected chi connectivity index (χ0v) is 16.2. The van der Waals surface area contributed by atoms with Gasteiger partial charge in [0, 0.05) is 58.9 Å². The normalized spacial score (nSPS) is 18.6. The van der Waals surface area contributed by atoms with Crippen LogP contribution in [0.5, 0.6) is 0 Å². The van der Waals surface area contributed by atoms with E-state index < -0.39 is 0 Å². The minimum atomic E-state index is 0.0440. The smallest absolute Gasteiger partial charge is 0.246 e.